The van der Waals surface area contributed by atoms with E-state index in [1.807, 2.05) is 0 Å². The minimum absolute atomic E-state index is 0.138. The van der Waals surface area contributed by atoms with Gasteiger partial charge in [0, 0.05) is 25.2 Å². The molecule has 0 spiro atoms. The molecular weight excluding hydrogens is 260 g/mol. The van der Waals surface area contributed by atoms with Crippen LogP contribution in [0.15, 0.2) is 23.1 Å². The van der Waals surface area contributed by atoms with Crippen molar-refractivity contribution in [1.29, 1.82) is 0 Å². The normalized spacial score (nSPS) is 10.4. The molecule has 0 aliphatic carbocycles. The maximum absolute atomic E-state index is 12.9. The number of thioether (sulfide) groups is 1. The molecule has 0 aliphatic rings. The Balaban J connectivity index is 2.27. The molecule has 1 aromatic carbocycles. The summed E-state index contributed by atoms with van der Waals surface area (Å²) in [5.74, 6) is -1.75. The van der Waals surface area contributed by atoms with Gasteiger partial charge in [0.1, 0.15) is 0 Å². The van der Waals surface area contributed by atoms with Crippen molar-refractivity contribution in [3.05, 3.63) is 29.8 Å². The van der Waals surface area contributed by atoms with E-state index in [4.69, 9.17) is 4.74 Å². The lowest BCUT2D eigenvalue weighted by Crippen LogP contribution is -2.26. The van der Waals surface area contributed by atoms with Crippen LogP contribution in [0.25, 0.3) is 0 Å². The third-order valence-corrected chi connectivity index (χ3v) is 3.10. The molecule has 6 heteroatoms. The van der Waals surface area contributed by atoms with Crippen molar-refractivity contribution >= 4 is 17.7 Å². The molecule has 18 heavy (non-hydrogen) atoms. The minimum Gasteiger partial charge on any atom is -0.385 e. The first-order chi connectivity index (χ1) is 8.63. The number of rotatable bonds is 7. The van der Waals surface area contributed by atoms with Crippen LogP contribution in [0.1, 0.15) is 6.42 Å². The number of hydrogen-bond acceptors (Lipinski definition) is 3. The predicted octanol–water partition coefficient (Wildman–Crippen LogP) is 2.21. The smallest absolute Gasteiger partial charge is 0.230 e. The van der Waals surface area contributed by atoms with Crippen molar-refractivity contribution in [2.45, 2.75) is 11.3 Å². The van der Waals surface area contributed by atoms with Crippen LogP contribution in [0.5, 0.6) is 0 Å². The summed E-state index contributed by atoms with van der Waals surface area (Å²) in [4.78, 5) is 11.9. The Kier molecular flexibility index (Phi) is 6.67. The molecule has 0 aliphatic heterocycles. The van der Waals surface area contributed by atoms with Crippen LogP contribution in [0, 0.1) is 11.6 Å². The topological polar surface area (TPSA) is 38.3 Å². The molecule has 1 rings (SSSR count). The second-order valence-corrected chi connectivity index (χ2v) is 4.61. The number of methoxy groups -OCH3 is 1. The fourth-order valence-corrected chi connectivity index (χ4v) is 1.96. The molecule has 0 fully saturated rings. The highest BCUT2D eigenvalue weighted by Crippen LogP contribution is 2.19. The van der Waals surface area contributed by atoms with Crippen LogP contribution in [0.3, 0.4) is 0 Å². The van der Waals surface area contributed by atoms with Crippen LogP contribution >= 0.6 is 11.8 Å². The zero-order valence-corrected chi connectivity index (χ0v) is 10.9. The number of hydrogen-bond donors (Lipinski definition) is 1. The van der Waals surface area contributed by atoms with E-state index in [0.29, 0.717) is 18.0 Å². The van der Waals surface area contributed by atoms with Gasteiger partial charge in [-0.3, -0.25) is 4.79 Å². The van der Waals surface area contributed by atoms with Crippen LogP contribution < -0.4 is 5.32 Å². The monoisotopic (exact) mass is 275 g/mol. The Morgan fingerprint density at radius 2 is 2.17 bits per heavy atom. The Bertz CT molecular complexity index is 402. The van der Waals surface area contributed by atoms with Crippen molar-refractivity contribution in [3.63, 3.8) is 0 Å². The van der Waals surface area contributed by atoms with Gasteiger partial charge in [0.2, 0.25) is 5.91 Å². The summed E-state index contributed by atoms with van der Waals surface area (Å²) in [5, 5.41) is 2.71. The first-order valence-electron chi connectivity index (χ1n) is 5.47. The molecule has 1 N–H and O–H groups in total. The van der Waals surface area contributed by atoms with E-state index in [1.165, 1.54) is 17.8 Å². The van der Waals surface area contributed by atoms with Crippen molar-refractivity contribution in [3.8, 4) is 0 Å². The van der Waals surface area contributed by atoms with Crippen molar-refractivity contribution in [2.24, 2.45) is 0 Å². The fourth-order valence-electron chi connectivity index (χ4n) is 1.21. The van der Waals surface area contributed by atoms with E-state index in [2.05, 4.69) is 5.32 Å². The third-order valence-electron chi connectivity index (χ3n) is 2.11. The highest BCUT2D eigenvalue weighted by molar-refractivity contribution is 8.00. The zero-order chi connectivity index (χ0) is 13.4. The van der Waals surface area contributed by atoms with Gasteiger partial charge in [-0.05, 0) is 24.6 Å². The van der Waals surface area contributed by atoms with Gasteiger partial charge in [-0.15, -0.1) is 11.8 Å². The Morgan fingerprint density at radius 3 is 2.83 bits per heavy atom. The largest absolute Gasteiger partial charge is 0.385 e. The average molecular weight is 275 g/mol. The van der Waals surface area contributed by atoms with E-state index < -0.39 is 11.6 Å². The van der Waals surface area contributed by atoms with E-state index in [9.17, 15) is 13.6 Å². The van der Waals surface area contributed by atoms with Crippen molar-refractivity contribution < 1.29 is 18.3 Å². The lowest BCUT2D eigenvalue weighted by Gasteiger charge is -2.05. The number of carbonyl (C=O) groups is 1. The fraction of sp³-hybridized carbons (Fsp3) is 0.417. The molecule has 0 heterocycles. The van der Waals surface area contributed by atoms with Crippen LogP contribution in [-0.4, -0.2) is 31.9 Å². The maximum atomic E-state index is 12.9. The molecule has 0 unspecified atom stereocenters. The molecule has 0 saturated carbocycles. The maximum Gasteiger partial charge on any atom is 0.230 e. The second-order valence-electron chi connectivity index (χ2n) is 3.56. The van der Waals surface area contributed by atoms with E-state index in [0.717, 1.165) is 18.6 Å². The molecule has 1 amide bonds. The molecule has 0 bridgehead atoms. The van der Waals surface area contributed by atoms with Crippen LogP contribution in [0.2, 0.25) is 0 Å². The summed E-state index contributed by atoms with van der Waals surface area (Å²) in [5.41, 5.74) is 0. The first kappa shape index (κ1) is 14.9. The second kappa shape index (κ2) is 8.05. The molecule has 0 aromatic heterocycles. The Hall–Kier alpha value is -1.14. The molecule has 0 radical (unpaired) electrons. The van der Waals surface area contributed by atoms with Gasteiger partial charge in [-0.2, -0.15) is 0 Å². The van der Waals surface area contributed by atoms with Gasteiger partial charge in [-0.1, -0.05) is 0 Å². The molecule has 0 atom stereocenters. The summed E-state index contributed by atoms with van der Waals surface area (Å²) in [6.45, 7) is 1.14. The van der Waals surface area contributed by atoms with Crippen molar-refractivity contribution in [2.75, 3.05) is 26.0 Å². The summed E-state index contributed by atoms with van der Waals surface area (Å²) in [6, 6.07) is 3.58. The highest BCUT2D eigenvalue weighted by atomic mass is 32.2. The van der Waals surface area contributed by atoms with Crippen molar-refractivity contribution in [1.82, 2.24) is 5.32 Å². The number of ether oxygens (including phenoxy) is 1. The number of carbonyl (C=O) groups excluding carboxylic acids is 1. The summed E-state index contributed by atoms with van der Waals surface area (Å²) >= 11 is 1.17. The number of amides is 1. The number of benzene rings is 1. The lowest BCUT2D eigenvalue weighted by atomic mass is 10.3. The number of nitrogens with one attached hydrogen (secondary N) is 1. The molecule has 100 valence electrons. The van der Waals surface area contributed by atoms with Gasteiger partial charge in [0.05, 0.1) is 5.75 Å². The summed E-state index contributed by atoms with van der Waals surface area (Å²) in [7, 11) is 1.60. The van der Waals surface area contributed by atoms with Gasteiger partial charge >= 0.3 is 0 Å². The predicted molar refractivity (Wildman–Crippen MR) is 66.6 cm³/mol. The van der Waals surface area contributed by atoms with Gasteiger partial charge < -0.3 is 10.1 Å². The number of halogens is 2. The van der Waals surface area contributed by atoms with Crippen LogP contribution in [0.4, 0.5) is 8.78 Å². The Labute approximate surface area is 109 Å². The standard InChI is InChI=1S/C12H15F2NO2S/c1-17-6-2-5-15-12(16)8-18-9-3-4-10(13)11(14)7-9/h3-4,7H,2,5-6,8H2,1H3,(H,15,16). The summed E-state index contributed by atoms with van der Waals surface area (Å²) < 4.78 is 30.4. The minimum atomic E-state index is -0.902. The third kappa shape index (κ3) is 5.46. The summed E-state index contributed by atoms with van der Waals surface area (Å²) in [6.07, 6.45) is 0.748. The SMILES string of the molecule is COCCCNC(=O)CSc1ccc(F)c(F)c1. The first-order valence-corrected chi connectivity index (χ1v) is 6.45. The lowest BCUT2D eigenvalue weighted by molar-refractivity contribution is -0.118. The molecule has 3 nitrogen and oxygen atoms in total. The van der Waals surface area contributed by atoms with E-state index >= 15 is 0 Å². The van der Waals surface area contributed by atoms with E-state index in [-0.39, 0.29) is 11.7 Å². The van der Waals surface area contributed by atoms with E-state index in [1.54, 1.807) is 7.11 Å². The Morgan fingerprint density at radius 1 is 1.39 bits per heavy atom. The van der Waals surface area contributed by atoms with Crippen LogP contribution in [-0.2, 0) is 9.53 Å². The molecule has 0 saturated heterocycles. The molecule has 1 aromatic rings. The van der Waals surface area contributed by atoms with Gasteiger partial charge in [-0.25, -0.2) is 8.78 Å². The van der Waals surface area contributed by atoms with Gasteiger partial charge in [0.15, 0.2) is 11.6 Å². The quantitative estimate of drug-likeness (QED) is 0.612. The average Bonchev–Trinajstić information content (AvgIpc) is 2.36. The zero-order valence-electron chi connectivity index (χ0n) is 10.0. The highest BCUT2D eigenvalue weighted by Gasteiger charge is 2.05. The van der Waals surface area contributed by atoms with Gasteiger partial charge in [0.25, 0.3) is 0 Å². The molecular formula is C12H15F2NO2S.